The first-order valence-electron chi connectivity index (χ1n) is 20.1. The van der Waals surface area contributed by atoms with Gasteiger partial charge in [0.2, 0.25) is 0 Å². The minimum Gasteiger partial charge on any atom is -0.423 e. The summed E-state index contributed by atoms with van der Waals surface area (Å²) in [7, 11) is 0. The van der Waals surface area contributed by atoms with E-state index in [9.17, 15) is 28.8 Å². The molecule has 322 valence electrons. The van der Waals surface area contributed by atoms with E-state index in [4.69, 9.17) is 28.4 Å². The molecule has 66 heavy (non-hydrogen) atoms. The Morgan fingerprint density at radius 2 is 0.606 bits per heavy atom. The summed E-state index contributed by atoms with van der Waals surface area (Å²) in [5.41, 5.74) is 1.70. The van der Waals surface area contributed by atoms with E-state index in [-0.39, 0.29) is 56.8 Å². The van der Waals surface area contributed by atoms with Gasteiger partial charge in [0.25, 0.3) is 0 Å². The fourth-order valence-corrected chi connectivity index (χ4v) is 6.79. The number of hydrogen-bond donors (Lipinski definition) is 0. The summed E-state index contributed by atoms with van der Waals surface area (Å²) in [6, 6.07) is 45.3. The van der Waals surface area contributed by atoms with Crippen molar-refractivity contribution >= 4 is 57.4 Å². The smallest absolute Gasteiger partial charge is 0.343 e. The van der Waals surface area contributed by atoms with Crippen LogP contribution in [0.5, 0.6) is 34.5 Å². The number of esters is 6. The van der Waals surface area contributed by atoms with Crippen molar-refractivity contribution in [1.82, 2.24) is 0 Å². The highest BCUT2D eigenvalue weighted by atomic mass is 16.6. The predicted octanol–water partition coefficient (Wildman–Crippen LogP) is 10.7. The molecule has 0 atom stereocenters. The molecule has 12 heteroatoms. The maximum atomic E-state index is 13.9. The lowest BCUT2D eigenvalue weighted by Gasteiger charge is -2.19. The summed E-state index contributed by atoms with van der Waals surface area (Å²) in [6.45, 7) is 6.71. The molecule has 0 fully saturated rings. The van der Waals surface area contributed by atoms with Gasteiger partial charge in [-0.15, -0.1) is 0 Å². The van der Waals surface area contributed by atoms with E-state index in [1.807, 2.05) is 60.7 Å². The van der Waals surface area contributed by atoms with Crippen molar-refractivity contribution in [2.24, 2.45) is 0 Å². The van der Waals surface area contributed by atoms with Crippen LogP contribution in [-0.2, 0) is 9.59 Å². The van der Waals surface area contributed by atoms with Gasteiger partial charge in [-0.2, -0.15) is 0 Å². The summed E-state index contributed by atoms with van der Waals surface area (Å²) in [5, 5.41) is 3.08. The maximum Gasteiger partial charge on any atom is 0.343 e. The van der Waals surface area contributed by atoms with E-state index >= 15 is 0 Å². The third kappa shape index (κ3) is 9.78. The molecule has 0 N–H and O–H groups in total. The van der Waals surface area contributed by atoms with Gasteiger partial charge in [0.05, 0.1) is 22.3 Å². The topological polar surface area (TPSA) is 158 Å². The second-order valence-corrected chi connectivity index (χ2v) is 14.2. The fourth-order valence-electron chi connectivity index (χ4n) is 6.79. The molecule has 0 bridgehead atoms. The van der Waals surface area contributed by atoms with Gasteiger partial charge < -0.3 is 28.4 Å². The Bertz CT molecular complexity index is 2990. The number of ether oxygens (including phenoxy) is 6. The Balaban J connectivity index is 1.03. The summed E-state index contributed by atoms with van der Waals surface area (Å²) in [4.78, 5) is 76.4. The molecule has 8 aromatic rings. The number of carbonyl (C=O) groups excluding carboxylic acids is 6. The average molecular weight is 875 g/mol. The number of fused-ring (bicyclic) bond motifs is 2. The zero-order chi connectivity index (χ0) is 46.2. The maximum absolute atomic E-state index is 13.9. The predicted molar refractivity (Wildman–Crippen MR) is 244 cm³/mol. The van der Waals surface area contributed by atoms with Crippen LogP contribution in [0.1, 0.15) is 41.4 Å². The van der Waals surface area contributed by atoms with Crippen LogP contribution >= 0.6 is 0 Å². The highest BCUT2D eigenvalue weighted by Crippen LogP contribution is 2.46. The average Bonchev–Trinajstić information content (AvgIpc) is 3.34. The molecule has 12 nitrogen and oxygen atoms in total. The van der Waals surface area contributed by atoms with Crippen LogP contribution in [0.2, 0.25) is 0 Å². The minimum atomic E-state index is -0.709. The van der Waals surface area contributed by atoms with Crippen molar-refractivity contribution in [2.75, 3.05) is 0 Å². The van der Waals surface area contributed by atoms with Crippen molar-refractivity contribution in [2.45, 2.75) is 0 Å². The van der Waals surface area contributed by atoms with Crippen molar-refractivity contribution in [1.29, 1.82) is 0 Å². The van der Waals surface area contributed by atoms with Gasteiger partial charge in [0.15, 0.2) is 0 Å². The van der Waals surface area contributed by atoms with Gasteiger partial charge in [-0.25, -0.2) is 28.8 Å². The van der Waals surface area contributed by atoms with E-state index in [1.54, 1.807) is 12.1 Å². The monoisotopic (exact) mass is 874 g/mol. The second-order valence-electron chi connectivity index (χ2n) is 14.2. The molecule has 0 heterocycles. The summed E-state index contributed by atoms with van der Waals surface area (Å²) >= 11 is 0. The third-order valence-corrected chi connectivity index (χ3v) is 9.99. The Morgan fingerprint density at radius 3 is 0.924 bits per heavy atom. The highest BCUT2D eigenvalue weighted by Gasteiger charge is 2.23. The van der Waals surface area contributed by atoms with Crippen molar-refractivity contribution in [3.05, 3.63) is 217 Å². The Hall–Kier alpha value is -9.42. The van der Waals surface area contributed by atoms with Gasteiger partial charge in [0, 0.05) is 23.3 Å². The Morgan fingerprint density at radius 1 is 0.318 bits per heavy atom. The van der Waals surface area contributed by atoms with Crippen molar-refractivity contribution < 1.29 is 57.2 Å². The minimum absolute atomic E-state index is 0.158. The fraction of sp³-hybridized carbons (Fsp3) is 0. The molecule has 0 saturated carbocycles. The molecule has 0 aliphatic rings. The van der Waals surface area contributed by atoms with Gasteiger partial charge in [-0.3, -0.25) is 0 Å². The second kappa shape index (κ2) is 19.3. The van der Waals surface area contributed by atoms with E-state index in [0.29, 0.717) is 21.9 Å². The Kier molecular flexibility index (Phi) is 12.7. The standard InChI is InChI=1S/C54H34O12/c1-3-47(55)61-39-23-13-35(14-24-39)51(57)63-41-27-17-37(18-28-41)53(59)65-45-31-21-33-9-5-7-11-43(33)49(45)50-44-12-8-6-10-34(44)22-32-46(50)66-54(60)38-19-29-42(30-20-38)64-52(58)36-15-25-40(26-16-36)62-48(56)4-2/h3-32H,1-2H2. The molecule has 0 aliphatic carbocycles. The zero-order valence-corrected chi connectivity index (χ0v) is 34.6. The number of benzene rings is 8. The van der Waals surface area contributed by atoms with E-state index in [1.165, 1.54) is 97.1 Å². The van der Waals surface area contributed by atoms with E-state index in [2.05, 4.69) is 13.2 Å². The lowest BCUT2D eigenvalue weighted by Crippen LogP contribution is -2.12. The molecular formula is C54H34O12. The SMILES string of the molecule is C=CC(=O)Oc1ccc(C(=O)Oc2ccc(C(=O)Oc3ccc4ccccc4c3-c3c(OC(=O)c4ccc(OC(=O)c5ccc(OC(=O)C=C)cc5)cc4)ccc4ccccc34)cc2)cc1. The van der Waals surface area contributed by atoms with E-state index < -0.39 is 35.8 Å². The van der Waals surface area contributed by atoms with Gasteiger partial charge in [-0.1, -0.05) is 73.8 Å². The van der Waals surface area contributed by atoms with Crippen molar-refractivity contribution in [3.63, 3.8) is 0 Å². The molecule has 0 amide bonds. The number of rotatable bonds is 13. The van der Waals surface area contributed by atoms with Crippen LogP contribution in [0.4, 0.5) is 0 Å². The van der Waals surface area contributed by atoms with Gasteiger partial charge in [0.1, 0.15) is 34.5 Å². The Labute approximate surface area is 376 Å². The normalized spacial score (nSPS) is 10.6. The quantitative estimate of drug-likeness (QED) is 0.0614. The molecule has 0 aliphatic heterocycles. The summed E-state index contributed by atoms with van der Waals surface area (Å²) in [5.74, 6) is -2.87. The van der Waals surface area contributed by atoms with Crippen LogP contribution in [-0.4, -0.2) is 35.8 Å². The summed E-state index contributed by atoms with van der Waals surface area (Å²) < 4.78 is 33.4. The molecule has 0 aromatic heterocycles. The molecule has 8 rings (SSSR count). The molecule has 8 aromatic carbocycles. The first-order chi connectivity index (χ1) is 32.1. The van der Waals surface area contributed by atoms with Gasteiger partial charge in [-0.05, 0) is 131 Å². The van der Waals surface area contributed by atoms with Crippen LogP contribution < -0.4 is 28.4 Å². The van der Waals surface area contributed by atoms with Gasteiger partial charge >= 0.3 is 35.8 Å². The number of hydrogen-bond acceptors (Lipinski definition) is 12. The lowest BCUT2D eigenvalue weighted by atomic mass is 9.92. The molecule has 0 saturated heterocycles. The van der Waals surface area contributed by atoms with Crippen LogP contribution in [0.15, 0.2) is 195 Å². The largest absolute Gasteiger partial charge is 0.423 e. The number of carbonyl (C=O) groups is 6. The van der Waals surface area contributed by atoms with Crippen LogP contribution in [0.3, 0.4) is 0 Å². The first-order valence-corrected chi connectivity index (χ1v) is 20.1. The van der Waals surface area contributed by atoms with Crippen molar-refractivity contribution in [3.8, 4) is 45.6 Å². The molecular weight excluding hydrogens is 841 g/mol. The summed E-state index contributed by atoms with van der Waals surface area (Å²) in [6.07, 6.45) is 2.05. The highest BCUT2D eigenvalue weighted by molar-refractivity contribution is 6.11. The zero-order valence-electron chi connectivity index (χ0n) is 34.6. The molecule has 0 unspecified atom stereocenters. The molecule has 0 spiro atoms. The lowest BCUT2D eigenvalue weighted by molar-refractivity contribution is -0.129. The van der Waals surface area contributed by atoms with E-state index in [0.717, 1.165) is 22.9 Å². The molecule has 0 radical (unpaired) electrons. The first kappa shape index (κ1) is 43.2. The third-order valence-electron chi connectivity index (χ3n) is 9.99. The van der Waals surface area contributed by atoms with Crippen LogP contribution in [0.25, 0.3) is 32.7 Å². The van der Waals surface area contributed by atoms with Crippen LogP contribution in [0, 0.1) is 0 Å².